The van der Waals surface area contributed by atoms with E-state index >= 15 is 0 Å². The van der Waals surface area contributed by atoms with E-state index in [1.54, 1.807) is 49.9 Å². The van der Waals surface area contributed by atoms with Gasteiger partial charge in [0.25, 0.3) is 0 Å². The van der Waals surface area contributed by atoms with E-state index in [2.05, 4.69) is 0 Å². The summed E-state index contributed by atoms with van der Waals surface area (Å²) in [7, 11) is 1.77. The monoisotopic (exact) mass is 367 g/mol. The van der Waals surface area contributed by atoms with Crippen LogP contribution in [-0.4, -0.2) is 0 Å². The zero-order valence-corrected chi connectivity index (χ0v) is 16.8. The maximum Gasteiger partial charge on any atom is 0.213 e. The number of rotatable bonds is 2. The zero-order chi connectivity index (χ0) is 27.5. The first-order valence-electron chi connectivity index (χ1n) is 13.5. The van der Waals surface area contributed by atoms with Gasteiger partial charge in [-0.3, -0.25) is 0 Å². The largest absolute Gasteiger partial charge is 0.213 e. The van der Waals surface area contributed by atoms with Crippen molar-refractivity contribution in [3.05, 3.63) is 75.0 Å². The maximum absolute atomic E-state index is 8.24. The van der Waals surface area contributed by atoms with E-state index in [0.29, 0.717) is 27.9 Å². The van der Waals surface area contributed by atoms with E-state index < -0.39 is 20.6 Å². The van der Waals surface area contributed by atoms with Gasteiger partial charge >= 0.3 is 0 Å². The molecular weight excluding hydrogens is 326 g/mol. The predicted octanol–water partition coefficient (Wildman–Crippen LogP) is 6.31. The third-order valence-electron chi connectivity index (χ3n) is 5.34. The van der Waals surface area contributed by atoms with Gasteiger partial charge in [0.1, 0.15) is 7.05 Å². The van der Waals surface area contributed by atoms with Crippen LogP contribution in [0.5, 0.6) is 0 Å². The van der Waals surface area contributed by atoms with E-state index in [9.17, 15) is 0 Å². The molecule has 0 spiro atoms. The van der Waals surface area contributed by atoms with Gasteiger partial charge in [-0.25, -0.2) is 4.57 Å². The molecule has 0 fully saturated rings. The van der Waals surface area contributed by atoms with Crippen LogP contribution in [0.25, 0.3) is 22.4 Å². The van der Waals surface area contributed by atoms with Gasteiger partial charge in [0.2, 0.25) is 5.69 Å². The van der Waals surface area contributed by atoms with Crippen molar-refractivity contribution in [1.82, 2.24) is 0 Å². The molecule has 0 atom stereocenters. The van der Waals surface area contributed by atoms with Crippen molar-refractivity contribution in [3.63, 3.8) is 0 Å². The molecule has 0 radical (unpaired) electrons. The van der Waals surface area contributed by atoms with E-state index in [0.717, 1.165) is 22.3 Å². The van der Waals surface area contributed by atoms with Crippen LogP contribution in [0.1, 0.15) is 56.8 Å². The van der Waals surface area contributed by atoms with Crippen LogP contribution in [0, 0.1) is 55.2 Å². The second-order valence-electron chi connectivity index (χ2n) is 7.46. The maximum atomic E-state index is 8.24. The summed E-state index contributed by atoms with van der Waals surface area (Å²) in [6.45, 7) is 1.99. The highest BCUT2D eigenvalue weighted by atomic mass is 14.9. The van der Waals surface area contributed by atoms with Gasteiger partial charge in [0, 0.05) is 24.0 Å². The first-order valence-corrected chi connectivity index (χ1v) is 9.03. The lowest BCUT2D eigenvalue weighted by Gasteiger charge is -2.19. The van der Waals surface area contributed by atoms with Gasteiger partial charge in [0.05, 0.1) is 5.56 Å². The van der Waals surface area contributed by atoms with Crippen LogP contribution in [-0.2, 0) is 7.05 Å². The summed E-state index contributed by atoms with van der Waals surface area (Å²) in [5.74, 6) is 0. The number of aryl methyl sites for hydroxylation is 8. The molecule has 0 amide bonds. The lowest BCUT2D eigenvalue weighted by Crippen LogP contribution is -2.32. The highest BCUT2D eigenvalue weighted by Gasteiger charge is 2.21. The fourth-order valence-corrected chi connectivity index (χ4v) is 3.84. The van der Waals surface area contributed by atoms with Crippen LogP contribution in [0.3, 0.4) is 0 Å². The smallest absolute Gasteiger partial charge is 0.201 e. The molecule has 0 aliphatic carbocycles. The first kappa shape index (κ1) is 10.8. The van der Waals surface area contributed by atoms with Gasteiger partial charge in [-0.2, -0.15) is 0 Å². The Morgan fingerprint density at radius 2 is 1.26 bits per heavy atom. The molecule has 0 bridgehead atoms. The molecule has 1 nitrogen and oxygen atoms in total. The van der Waals surface area contributed by atoms with Crippen LogP contribution < -0.4 is 4.57 Å². The van der Waals surface area contributed by atoms with E-state index in [1.807, 2.05) is 26.8 Å². The zero-order valence-electron chi connectivity index (χ0n) is 25.8. The number of hydrogen-bond acceptors (Lipinski definition) is 0. The summed E-state index contributed by atoms with van der Waals surface area (Å²) < 4.78 is 74.0. The molecule has 27 heavy (non-hydrogen) atoms. The predicted molar refractivity (Wildman–Crippen MR) is 116 cm³/mol. The Balaban J connectivity index is 2.47. The summed E-state index contributed by atoms with van der Waals surface area (Å²) in [5, 5.41) is 0. The van der Waals surface area contributed by atoms with Gasteiger partial charge in [-0.1, -0.05) is 18.2 Å². The molecule has 140 valence electrons. The molecule has 0 N–H and O–H groups in total. The van der Waals surface area contributed by atoms with E-state index in [-0.39, 0.29) is 16.7 Å². The Bertz CT molecular complexity index is 1340. The Hall–Kier alpha value is -2.41. The third kappa shape index (κ3) is 3.32. The lowest BCUT2D eigenvalue weighted by atomic mass is 9.85. The molecular formula is C26H32N+. The summed E-state index contributed by atoms with van der Waals surface area (Å²) in [5.41, 5.74) is 6.60. The second-order valence-corrected chi connectivity index (χ2v) is 7.46. The normalized spacial score (nSPS) is 17.5. The minimum Gasteiger partial charge on any atom is -0.201 e. The number of aromatic nitrogens is 1. The third-order valence-corrected chi connectivity index (χ3v) is 5.34. The molecule has 0 aliphatic rings. The average molecular weight is 368 g/mol. The highest BCUT2D eigenvalue weighted by molar-refractivity contribution is 5.82. The van der Waals surface area contributed by atoms with E-state index in [4.69, 9.17) is 12.3 Å². The van der Waals surface area contributed by atoms with Crippen molar-refractivity contribution in [3.8, 4) is 22.4 Å². The SMILES string of the molecule is [2H]C([2H])([2H])c1cc(C)c(-c2c(C)cc(C([2H])([2H])[2H])c(-c3cc(C([2H])([2H])[2H])c(C)c[n+]3C)c2C)cc1C. The van der Waals surface area contributed by atoms with Crippen molar-refractivity contribution in [1.29, 1.82) is 0 Å². The molecule has 0 aliphatic heterocycles. The standard InChI is InChI=1S/C26H32N/c1-15-10-18(4)23(12-16(15)2)25-19(5)11-20(6)26(22(25)8)24-13-17(3)21(7)14-27(24)9/h10-14H,1-9H3/q+1/i1D3,3D3,6D3. The molecule has 1 heteroatoms. The molecule has 1 heterocycles. The Kier molecular flexibility index (Phi) is 2.78. The molecule has 1 aromatic heterocycles. The minimum atomic E-state index is -2.43. The number of pyridine rings is 1. The highest BCUT2D eigenvalue weighted by Crippen LogP contribution is 2.38. The van der Waals surface area contributed by atoms with Crippen LogP contribution in [0.4, 0.5) is 0 Å². The Morgan fingerprint density at radius 3 is 1.93 bits per heavy atom. The topological polar surface area (TPSA) is 3.88 Å². The molecule has 2 aromatic carbocycles. The fourth-order valence-electron chi connectivity index (χ4n) is 3.84. The van der Waals surface area contributed by atoms with Crippen LogP contribution in [0.15, 0.2) is 30.5 Å². The Morgan fingerprint density at radius 1 is 0.630 bits per heavy atom. The van der Waals surface area contributed by atoms with Crippen molar-refractivity contribution in [2.75, 3.05) is 0 Å². The summed E-state index contributed by atoms with van der Waals surface area (Å²) >= 11 is 0. The van der Waals surface area contributed by atoms with Crippen molar-refractivity contribution in [2.45, 2.75) is 55.2 Å². The molecule has 0 saturated heterocycles. The summed E-state index contributed by atoms with van der Waals surface area (Å²) in [6, 6.07) is 6.72. The quantitative estimate of drug-likeness (QED) is 0.467. The molecule has 3 aromatic rings. The van der Waals surface area contributed by atoms with Crippen molar-refractivity contribution in [2.24, 2.45) is 7.05 Å². The van der Waals surface area contributed by atoms with Crippen LogP contribution >= 0.6 is 0 Å². The lowest BCUT2D eigenvalue weighted by molar-refractivity contribution is -0.660. The minimum absolute atomic E-state index is 0.144. The van der Waals surface area contributed by atoms with Crippen molar-refractivity contribution < 1.29 is 16.9 Å². The van der Waals surface area contributed by atoms with Crippen LogP contribution in [0.2, 0.25) is 0 Å². The first-order chi connectivity index (χ1) is 16.2. The molecule has 3 rings (SSSR count). The average Bonchev–Trinajstić information content (AvgIpc) is 2.68. The summed E-state index contributed by atoms with van der Waals surface area (Å²) in [6.07, 6.45) is 1.71. The molecule has 0 saturated carbocycles. The van der Waals surface area contributed by atoms with Crippen molar-refractivity contribution >= 4 is 0 Å². The van der Waals surface area contributed by atoms with E-state index in [1.165, 1.54) is 0 Å². The summed E-state index contributed by atoms with van der Waals surface area (Å²) in [4.78, 5) is 0. The van der Waals surface area contributed by atoms with Gasteiger partial charge < -0.3 is 0 Å². The fraction of sp³-hybridized carbons (Fsp3) is 0.346. The van der Waals surface area contributed by atoms with Gasteiger partial charge in [-0.15, -0.1) is 0 Å². The molecule has 0 unspecified atom stereocenters. The second kappa shape index (κ2) is 6.96. The number of benzene rings is 2. The van der Waals surface area contributed by atoms with Gasteiger partial charge in [-0.05, 0) is 105 Å². The van der Waals surface area contributed by atoms with Gasteiger partial charge in [0.15, 0.2) is 6.20 Å². The number of nitrogens with zero attached hydrogens (tertiary/aromatic N) is 1. The number of hydrogen-bond donors (Lipinski definition) is 0. The Labute approximate surface area is 177 Å².